The van der Waals surface area contributed by atoms with E-state index in [4.69, 9.17) is 0 Å². The van der Waals surface area contributed by atoms with Crippen molar-refractivity contribution >= 4 is 29.2 Å². The number of carbonyl (C=O) groups excluding carboxylic acids is 1. The third-order valence-electron chi connectivity index (χ3n) is 4.03. The van der Waals surface area contributed by atoms with Gasteiger partial charge in [-0.1, -0.05) is 12.1 Å². The fourth-order valence-corrected chi connectivity index (χ4v) is 2.85. The molecule has 1 saturated heterocycles. The number of fused-ring (bicyclic) bond motifs is 1. The zero-order chi connectivity index (χ0) is 15.5. The van der Waals surface area contributed by atoms with Crippen LogP contribution >= 0.6 is 12.4 Å². The predicted octanol–water partition coefficient (Wildman–Crippen LogP) is 0.995. The summed E-state index contributed by atoms with van der Waals surface area (Å²) in [6.07, 6.45) is 3.49. The third-order valence-corrected chi connectivity index (χ3v) is 4.03. The van der Waals surface area contributed by atoms with Gasteiger partial charge >= 0.3 is 0 Å². The Kier molecular flexibility index (Phi) is 5.74. The topological polar surface area (TPSA) is 76.0 Å². The monoisotopic (exact) mass is 336 g/mol. The highest BCUT2D eigenvalue weighted by Gasteiger charge is 2.16. The first-order chi connectivity index (χ1) is 10.6. The number of amides is 1. The minimum Gasteiger partial charge on any atom is -0.351 e. The molecule has 2 aromatic rings. The Morgan fingerprint density at radius 1 is 1.48 bits per heavy atom. The van der Waals surface area contributed by atoms with Crippen LogP contribution in [-0.4, -0.2) is 34.6 Å². The number of para-hydroxylation sites is 1. The summed E-state index contributed by atoms with van der Waals surface area (Å²) in [6, 6.07) is 5.64. The Balaban J connectivity index is 0.00000192. The number of carbonyl (C=O) groups is 1. The maximum absolute atomic E-state index is 12.4. The molecular formula is C16H21ClN4O2. The van der Waals surface area contributed by atoms with Crippen molar-refractivity contribution in [3.05, 3.63) is 40.4 Å². The van der Waals surface area contributed by atoms with E-state index >= 15 is 0 Å². The van der Waals surface area contributed by atoms with E-state index in [0.29, 0.717) is 10.9 Å². The molecule has 3 rings (SSSR count). The largest absolute Gasteiger partial charge is 0.351 e. The van der Waals surface area contributed by atoms with Crippen molar-refractivity contribution in [2.24, 2.45) is 0 Å². The van der Waals surface area contributed by atoms with Crippen LogP contribution in [0.2, 0.25) is 0 Å². The molecule has 6 nitrogen and oxygen atoms in total. The van der Waals surface area contributed by atoms with Gasteiger partial charge < -0.3 is 10.6 Å². The molecule has 2 N–H and O–H groups in total. The number of nitrogens with one attached hydrogen (secondary N) is 2. The maximum Gasteiger partial charge on any atom is 0.261 e. The van der Waals surface area contributed by atoms with Gasteiger partial charge in [-0.15, -0.1) is 12.4 Å². The first kappa shape index (κ1) is 17.4. The lowest BCUT2D eigenvalue weighted by Crippen LogP contribution is -2.47. The fourth-order valence-electron chi connectivity index (χ4n) is 2.85. The highest BCUT2D eigenvalue weighted by Crippen LogP contribution is 2.11. The molecule has 124 valence electrons. The van der Waals surface area contributed by atoms with Crippen LogP contribution in [0, 0.1) is 6.92 Å². The number of aryl methyl sites for hydroxylation is 1. The highest BCUT2D eigenvalue weighted by atomic mass is 35.5. The molecule has 1 aliphatic rings. The Labute approximate surface area is 140 Å². The van der Waals surface area contributed by atoms with E-state index in [0.717, 1.165) is 31.5 Å². The number of hydrogen-bond acceptors (Lipinski definition) is 4. The summed E-state index contributed by atoms with van der Waals surface area (Å²) >= 11 is 0. The lowest BCUT2D eigenvalue weighted by Gasteiger charge is -2.23. The summed E-state index contributed by atoms with van der Waals surface area (Å²) in [4.78, 5) is 28.9. The Bertz CT molecular complexity index is 753. The third kappa shape index (κ3) is 3.89. The quantitative estimate of drug-likeness (QED) is 0.876. The molecule has 1 fully saturated rings. The van der Waals surface area contributed by atoms with Crippen LogP contribution in [0.1, 0.15) is 18.4 Å². The SMILES string of the molecule is Cc1cccc2c(=O)n(CC(=O)N[C@H]3CCCNC3)cnc12.Cl. The van der Waals surface area contributed by atoms with Gasteiger partial charge in [0.25, 0.3) is 5.56 Å². The molecular weight excluding hydrogens is 316 g/mol. The van der Waals surface area contributed by atoms with Crippen LogP contribution in [0.4, 0.5) is 0 Å². The first-order valence-corrected chi connectivity index (χ1v) is 7.60. The van der Waals surface area contributed by atoms with Crippen molar-refractivity contribution in [1.29, 1.82) is 0 Å². The predicted molar refractivity (Wildman–Crippen MR) is 92.0 cm³/mol. The first-order valence-electron chi connectivity index (χ1n) is 7.60. The number of aromatic nitrogens is 2. The molecule has 0 radical (unpaired) electrons. The van der Waals surface area contributed by atoms with E-state index in [9.17, 15) is 9.59 Å². The van der Waals surface area contributed by atoms with Crippen molar-refractivity contribution in [3.8, 4) is 0 Å². The molecule has 0 spiro atoms. The van der Waals surface area contributed by atoms with E-state index in [2.05, 4.69) is 15.6 Å². The van der Waals surface area contributed by atoms with Crippen LogP contribution in [-0.2, 0) is 11.3 Å². The maximum atomic E-state index is 12.4. The van der Waals surface area contributed by atoms with Crippen LogP contribution in [0.15, 0.2) is 29.3 Å². The van der Waals surface area contributed by atoms with E-state index in [1.807, 2.05) is 19.1 Å². The number of halogens is 1. The number of hydrogen-bond donors (Lipinski definition) is 2. The number of rotatable bonds is 3. The minimum atomic E-state index is -0.175. The Morgan fingerprint density at radius 3 is 3.04 bits per heavy atom. The van der Waals surface area contributed by atoms with Gasteiger partial charge in [0.05, 0.1) is 17.2 Å². The minimum absolute atomic E-state index is 0. The molecule has 0 aliphatic carbocycles. The van der Waals surface area contributed by atoms with Crippen molar-refractivity contribution in [2.75, 3.05) is 13.1 Å². The van der Waals surface area contributed by atoms with Gasteiger partial charge in [-0.25, -0.2) is 4.98 Å². The molecule has 1 aliphatic heterocycles. The van der Waals surface area contributed by atoms with Crippen LogP contribution in [0.3, 0.4) is 0 Å². The van der Waals surface area contributed by atoms with E-state index < -0.39 is 0 Å². The average molecular weight is 337 g/mol. The van der Waals surface area contributed by atoms with Crippen molar-refractivity contribution in [1.82, 2.24) is 20.2 Å². The summed E-state index contributed by atoms with van der Waals surface area (Å²) < 4.78 is 1.37. The van der Waals surface area contributed by atoms with Crippen LogP contribution in [0.25, 0.3) is 10.9 Å². The van der Waals surface area contributed by atoms with Crippen molar-refractivity contribution < 1.29 is 4.79 Å². The molecule has 1 aromatic carbocycles. The molecule has 0 bridgehead atoms. The molecule has 1 amide bonds. The van der Waals surface area contributed by atoms with E-state index in [1.54, 1.807) is 6.07 Å². The van der Waals surface area contributed by atoms with Crippen LogP contribution < -0.4 is 16.2 Å². The summed E-state index contributed by atoms with van der Waals surface area (Å²) in [7, 11) is 0. The second-order valence-electron chi connectivity index (χ2n) is 5.76. The normalized spacial score (nSPS) is 17.5. The smallest absolute Gasteiger partial charge is 0.261 e. The van der Waals surface area contributed by atoms with E-state index in [-0.39, 0.29) is 36.5 Å². The standard InChI is InChI=1S/C16H20N4O2.ClH/c1-11-4-2-6-13-15(11)18-10-20(16(13)22)9-14(21)19-12-5-3-7-17-8-12;/h2,4,6,10,12,17H,3,5,7-9H2,1H3,(H,19,21);1H/t12-;/m0./s1. The molecule has 1 atom stereocenters. The van der Waals surface area contributed by atoms with Gasteiger partial charge in [-0.3, -0.25) is 14.2 Å². The lowest BCUT2D eigenvalue weighted by molar-refractivity contribution is -0.122. The molecule has 23 heavy (non-hydrogen) atoms. The molecule has 0 unspecified atom stereocenters. The summed E-state index contributed by atoms with van der Waals surface area (Å²) in [5.41, 5.74) is 1.48. The summed E-state index contributed by atoms with van der Waals surface area (Å²) in [5.74, 6) is -0.149. The molecule has 0 saturated carbocycles. The zero-order valence-electron chi connectivity index (χ0n) is 13.0. The van der Waals surface area contributed by atoms with Gasteiger partial charge in [-0.2, -0.15) is 0 Å². The zero-order valence-corrected chi connectivity index (χ0v) is 13.9. The Morgan fingerprint density at radius 2 is 2.30 bits per heavy atom. The van der Waals surface area contributed by atoms with Gasteiger partial charge in [-0.05, 0) is 37.9 Å². The highest BCUT2D eigenvalue weighted by molar-refractivity contribution is 5.85. The summed E-state index contributed by atoms with van der Waals surface area (Å²) in [6.45, 7) is 3.71. The van der Waals surface area contributed by atoms with Gasteiger partial charge in [0, 0.05) is 12.6 Å². The van der Waals surface area contributed by atoms with E-state index in [1.165, 1.54) is 10.9 Å². The number of nitrogens with zero attached hydrogens (tertiary/aromatic N) is 2. The fraction of sp³-hybridized carbons (Fsp3) is 0.438. The Hall–Kier alpha value is -1.92. The number of benzene rings is 1. The second kappa shape index (κ2) is 7.57. The molecule has 7 heteroatoms. The van der Waals surface area contributed by atoms with Gasteiger partial charge in [0.1, 0.15) is 6.54 Å². The molecule has 1 aromatic heterocycles. The van der Waals surface area contributed by atoms with Gasteiger partial charge in [0.2, 0.25) is 5.91 Å². The summed E-state index contributed by atoms with van der Waals surface area (Å²) in [5, 5.41) is 6.77. The second-order valence-corrected chi connectivity index (χ2v) is 5.76. The van der Waals surface area contributed by atoms with Crippen molar-refractivity contribution in [2.45, 2.75) is 32.4 Å². The number of piperidine rings is 1. The van der Waals surface area contributed by atoms with Gasteiger partial charge in [0.15, 0.2) is 0 Å². The molecule has 2 heterocycles. The van der Waals surface area contributed by atoms with Crippen molar-refractivity contribution in [3.63, 3.8) is 0 Å². The average Bonchev–Trinajstić information content (AvgIpc) is 2.52. The lowest BCUT2D eigenvalue weighted by atomic mass is 10.1. The van der Waals surface area contributed by atoms with Crippen LogP contribution in [0.5, 0.6) is 0 Å².